The molecule has 0 saturated carbocycles. The van der Waals surface area contributed by atoms with Crippen molar-refractivity contribution in [2.24, 2.45) is 0 Å². The van der Waals surface area contributed by atoms with Crippen molar-refractivity contribution in [1.29, 1.82) is 0 Å². The molecule has 1 aliphatic heterocycles. The first-order valence-corrected chi connectivity index (χ1v) is 12.4. The van der Waals surface area contributed by atoms with Crippen LogP contribution in [0, 0.1) is 6.92 Å². The molecule has 0 amide bonds. The highest BCUT2D eigenvalue weighted by Gasteiger charge is 2.20. The van der Waals surface area contributed by atoms with Crippen LogP contribution in [0.5, 0.6) is 0 Å². The van der Waals surface area contributed by atoms with Gasteiger partial charge in [-0.3, -0.25) is 0 Å². The van der Waals surface area contributed by atoms with Gasteiger partial charge in [0.05, 0.1) is 0 Å². The van der Waals surface area contributed by atoms with E-state index in [0.29, 0.717) is 0 Å². The topological polar surface area (TPSA) is 24.1 Å². The third-order valence-corrected chi connectivity index (χ3v) is 6.71. The van der Waals surface area contributed by atoms with Crippen LogP contribution >= 0.6 is 0 Å². The highest BCUT2D eigenvalue weighted by atomic mass is 15.0. The number of benzene rings is 5. The molecule has 0 bridgehead atoms. The van der Waals surface area contributed by atoms with E-state index in [2.05, 4.69) is 151 Å². The number of hydrogen-bond donors (Lipinski definition) is 2. The zero-order valence-corrected chi connectivity index (χ0v) is 20.3. The van der Waals surface area contributed by atoms with Gasteiger partial charge in [0.15, 0.2) is 0 Å². The van der Waals surface area contributed by atoms with Gasteiger partial charge in [-0.25, -0.2) is 0 Å². The largest absolute Gasteiger partial charge is 0.405 e. The molecule has 36 heavy (non-hydrogen) atoms. The summed E-state index contributed by atoms with van der Waals surface area (Å²) >= 11 is 0. The van der Waals surface area contributed by atoms with E-state index in [9.17, 15) is 0 Å². The molecule has 0 atom stereocenters. The molecule has 5 aromatic carbocycles. The van der Waals surface area contributed by atoms with Crippen molar-refractivity contribution in [2.45, 2.75) is 6.92 Å². The van der Waals surface area contributed by atoms with Crippen molar-refractivity contribution < 1.29 is 0 Å². The van der Waals surface area contributed by atoms with Crippen molar-refractivity contribution in [2.75, 3.05) is 10.5 Å². The molecule has 0 spiro atoms. The van der Waals surface area contributed by atoms with Crippen LogP contribution in [0.4, 0.5) is 11.4 Å². The minimum atomic E-state index is 0.0490. The average Bonchev–Trinajstić information content (AvgIpc) is 2.92. The Kier molecular flexibility index (Phi) is 5.89. The van der Waals surface area contributed by atoms with Crippen LogP contribution in [0.25, 0.3) is 40.1 Å². The summed E-state index contributed by atoms with van der Waals surface area (Å²) < 4.78 is 0. The van der Waals surface area contributed by atoms with Crippen LogP contribution < -0.4 is 10.5 Å². The molecule has 0 fully saturated rings. The number of nitrogens with one attached hydrogen (secondary N) is 2. The lowest BCUT2D eigenvalue weighted by Crippen LogP contribution is -2.35. The van der Waals surface area contributed by atoms with E-state index in [-0.39, 0.29) is 6.98 Å². The van der Waals surface area contributed by atoms with Crippen LogP contribution in [0.3, 0.4) is 0 Å². The molecule has 3 heteroatoms. The first kappa shape index (κ1) is 22.0. The Labute approximate surface area is 213 Å². The Morgan fingerprint density at radius 3 is 1.56 bits per heavy atom. The fourth-order valence-corrected chi connectivity index (χ4v) is 4.70. The molecule has 0 aromatic heterocycles. The van der Waals surface area contributed by atoms with E-state index in [1.807, 2.05) is 0 Å². The van der Waals surface area contributed by atoms with E-state index in [0.717, 1.165) is 0 Å². The highest BCUT2D eigenvalue weighted by Crippen LogP contribution is 2.34. The zero-order chi connectivity index (χ0) is 24.3. The Balaban J connectivity index is 1.10. The highest BCUT2D eigenvalue weighted by molar-refractivity contribution is 6.73. The molecule has 2 N–H and O–H groups in total. The van der Waals surface area contributed by atoms with E-state index in [4.69, 9.17) is 0 Å². The van der Waals surface area contributed by atoms with Crippen LogP contribution in [0.2, 0.25) is 0 Å². The summed E-state index contributed by atoms with van der Waals surface area (Å²) in [5.41, 5.74) is 9.67. The molecular weight excluding hydrogens is 435 g/mol. The van der Waals surface area contributed by atoms with E-state index < -0.39 is 0 Å². The second-order valence-corrected chi connectivity index (χ2v) is 9.32. The van der Waals surface area contributed by atoms with Crippen LogP contribution in [0.1, 0.15) is 22.3 Å². The van der Waals surface area contributed by atoms with Gasteiger partial charge in [0, 0.05) is 16.8 Å². The Morgan fingerprint density at radius 1 is 0.528 bits per heavy atom. The van der Waals surface area contributed by atoms with Crippen LogP contribution in [0.15, 0.2) is 115 Å². The smallest absolute Gasteiger partial charge is 0.398 e. The van der Waals surface area contributed by atoms with E-state index >= 15 is 0 Å². The summed E-state index contributed by atoms with van der Waals surface area (Å²) in [5, 5.41) is 9.68. The lowest BCUT2D eigenvalue weighted by Gasteiger charge is -2.24. The van der Waals surface area contributed by atoms with Crippen molar-refractivity contribution in [3.05, 3.63) is 137 Å². The summed E-state index contributed by atoms with van der Waals surface area (Å²) in [4.78, 5) is 0. The quantitative estimate of drug-likeness (QED) is 0.202. The van der Waals surface area contributed by atoms with Gasteiger partial charge < -0.3 is 10.5 Å². The molecule has 5 aromatic rings. The molecule has 1 heterocycles. The Bertz CT molecular complexity index is 1520. The molecule has 172 valence electrons. The monoisotopic (exact) mass is 462 g/mol. The predicted octanol–water partition coefficient (Wildman–Crippen LogP) is 8.56. The van der Waals surface area contributed by atoms with Gasteiger partial charge in [0.25, 0.3) is 0 Å². The Hall–Kier alpha value is -4.50. The average molecular weight is 462 g/mol. The van der Waals surface area contributed by atoms with Gasteiger partial charge in [-0.15, -0.1) is 0 Å². The first-order chi connectivity index (χ1) is 17.7. The minimum absolute atomic E-state index is 0.0490. The minimum Gasteiger partial charge on any atom is -0.405 e. The summed E-state index contributed by atoms with van der Waals surface area (Å²) in [5.74, 6) is 2.18. The standard InChI is InChI=1S/C33H27BN2/c1-24-8-18-28(19-9-24)29-20-16-26(17-21-29)11-10-25-12-14-27(15-13-25)22-23-34-35-31-6-2-4-30-5-3-7-32(36-34)33(30)31/h2-23,35-36H,1H3/b11-10+,23-22+. The van der Waals surface area contributed by atoms with Gasteiger partial charge in [0.1, 0.15) is 0 Å². The molecule has 1 aliphatic rings. The van der Waals surface area contributed by atoms with Crippen molar-refractivity contribution >= 4 is 47.4 Å². The number of aryl methyl sites for hydroxylation is 1. The zero-order valence-electron chi connectivity index (χ0n) is 20.3. The summed E-state index contributed by atoms with van der Waals surface area (Å²) in [6.07, 6.45) is 6.49. The van der Waals surface area contributed by atoms with Gasteiger partial charge in [-0.05, 0) is 52.3 Å². The van der Waals surface area contributed by atoms with Crippen LogP contribution in [-0.2, 0) is 0 Å². The number of rotatable bonds is 5. The molecule has 0 saturated heterocycles. The summed E-state index contributed by atoms with van der Waals surface area (Å²) in [6.45, 7) is 2.17. The molecule has 2 nitrogen and oxygen atoms in total. The van der Waals surface area contributed by atoms with Crippen molar-refractivity contribution in [3.8, 4) is 11.1 Å². The molecule has 6 rings (SSSR count). The molecule has 0 unspecified atom stereocenters. The van der Waals surface area contributed by atoms with Crippen molar-refractivity contribution in [3.63, 3.8) is 0 Å². The molecular formula is C33H27BN2. The van der Waals surface area contributed by atoms with Gasteiger partial charge >= 0.3 is 6.98 Å². The van der Waals surface area contributed by atoms with Gasteiger partial charge in [-0.2, -0.15) is 0 Å². The van der Waals surface area contributed by atoms with Gasteiger partial charge in [0.2, 0.25) is 0 Å². The third kappa shape index (κ3) is 4.69. The van der Waals surface area contributed by atoms with E-state index in [1.54, 1.807) is 0 Å². The maximum absolute atomic E-state index is 3.59. The Morgan fingerprint density at radius 2 is 1.00 bits per heavy atom. The fraction of sp³-hybridized carbons (Fsp3) is 0.0303. The molecule has 0 radical (unpaired) electrons. The lowest BCUT2D eigenvalue weighted by molar-refractivity contribution is 1.47. The van der Waals surface area contributed by atoms with Crippen LogP contribution in [-0.4, -0.2) is 6.98 Å². The molecule has 0 aliphatic carbocycles. The number of anilines is 2. The number of hydrogen-bond acceptors (Lipinski definition) is 2. The van der Waals surface area contributed by atoms with Crippen molar-refractivity contribution in [1.82, 2.24) is 0 Å². The maximum atomic E-state index is 3.59. The first-order valence-electron chi connectivity index (χ1n) is 12.4. The lowest BCUT2D eigenvalue weighted by atomic mass is 9.73. The summed E-state index contributed by atoms with van der Waals surface area (Å²) in [7, 11) is 0. The second-order valence-electron chi connectivity index (χ2n) is 9.32. The second kappa shape index (κ2) is 9.63. The predicted molar refractivity (Wildman–Crippen MR) is 158 cm³/mol. The van der Waals surface area contributed by atoms with E-state index in [1.165, 1.54) is 55.5 Å². The normalized spacial score (nSPS) is 12.8. The van der Waals surface area contributed by atoms with Gasteiger partial charge in [-0.1, -0.05) is 127 Å². The SMILES string of the molecule is Cc1ccc(-c2ccc(/C=C/c3ccc(/C=C/B4Nc5cccc6cccc(c56)N4)cc3)cc2)cc1. The third-order valence-electron chi connectivity index (χ3n) is 6.71. The summed E-state index contributed by atoms with van der Waals surface area (Å²) in [6, 6.07) is 38.8. The fourth-order valence-electron chi connectivity index (χ4n) is 4.70. The maximum Gasteiger partial charge on any atom is 0.398 e.